The first-order chi connectivity index (χ1) is 24.5. The van der Waals surface area contributed by atoms with Gasteiger partial charge in [-0.3, -0.25) is 0 Å². The average molecular weight is 832 g/mol. The zero-order chi connectivity index (χ0) is 39.0. The van der Waals surface area contributed by atoms with Crippen molar-refractivity contribution >= 4 is 47.2 Å². The second-order valence-corrected chi connectivity index (χ2v) is 15.8. The molecule has 4 fully saturated rings. The SMILES string of the molecule is CCOC(=O)C(C#N)=C1CCN(C(=O)OC(C)(C)C)CC1.[Br-].[C-]#[N+]C(C(=O)OCC)C1(C2CCCC2)CCN(C(=O)OC(C)(C)C)CC1.[CH-]1CCCC1.[Mg+2]. The fourth-order valence-corrected chi connectivity index (χ4v) is 7.20. The largest absolute Gasteiger partial charge is 2.00 e. The molecular weight excluding hydrogens is 769 g/mol. The number of hydrogen-bond acceptors (Lipinski definition) is 9. The van der Waals surface area contributed by atoms with Crippen LogP contribution in [0, 0.1) is 35.7 Å². The Labute approximate surface area is 351 Å². The molecule has 0 bridgehead atoms. The van der Waals surface area contributed by atoms with Crippen molar-refractivity contribution in [2.45, 2.75) is 150 Å². The summed E-state index contributed by atoms with van der Waals surface area (Å²) in [7, 11) is 0. The molecule has 0 N–H and O–H groups in total. The molecule has 4 aliphatic rings. The Kier molecular flexibility index (Phi) is 23.7. The van der Waals surface area contributed by atoms with E-state index < -0.39 is 29.2 Å². The number of nitrogens with zero attached hydrogens (tertiary/aromatic N) is 4. The van der Waals surface area contributed by atoms with E-state index >= 15 is 0 Å². The van der Waals surface area contributed by atoms with Crippen LogP contribution in [0.4, 0.5) is 9.59 Å². The molecule has 0 aromatic heterocycles. The number of ether oxygens (including phenoxy) is 4. The van der Waals surface area contributed by atoms with Gasteiger partial charge in [-0.1, -0.05) is 25.7 Å². The number of carbonyl (C=O) groups excluding carboxylic acids is 4. The van der Waals surface area contributed by atoms with Crippen LogP contribution in [0.1, 0.15) is 132 Å². The molecule has 300 valence electrons. The van der Waals surface area contributed by atoms with Crippen LogP contribution in [0.2, 0.25) is 0 Å². The van der Waals surface area contributed by atoms with Crippen molar-refractivity contribution in [3.05, 3.63) is 29.0 Å². The van der Waals surface area contributed by atoms with Crippen LogP contribution in [-0.4, -0.2) is 114 Å². The van der Waals surface area contributed by atoms with Crippen LogP contribution >= 0.6 is 0 Å². The molecule has 12 nitrogen and oxygen atoms in total. The standard InChI is InChI=1S/C20H32N2O4.C15H22N2O4.C5H9.BrH.Mg/c1-6-25-17(23)16(21-5)20(15-9-7-8-10-15)11-13-22(14-12-20)18(24)26-19(2,3)4;1-5-20-13(18)12(10-16)11-6-8-17(9-7-11)14(19)21-15(2,3)4;1-2-4-5-3-1;;/h15-16H,6-14H2,1-4H3;5-9H2,1-4H3;1H,2-5H2;1H;/q;;-1;;+2/p-1. The second-order valence-electron chi connectivity index (χ2n) is 15.8. The van der Waals surface area contributed by atoms with E-state index in [4.69, 9.17) is 30.8 Å². The molecule has 2 saturated carbocycles. The number of halogens is 1. The molecule has 2 heterocycles. The van der Waals surface area contributed by atoms with Crippen LogP contribution in [0.25, 0.3) is 4.85 Å². The summed E-state index contributed by atoms with van der Waals surface area (Å²) in [5.41, 5.74) is -0.628. The van der Waals surface area contributed by atoms with Crippen molar-refractivity contribution in [3.8, 4) is 6.07 Å². The number of amides is 2. The molecule has 54 heavy (non-hydrogen) atoms. The van der Waals surface area contributed by atoms with Gasteiger partial charge in [0.25, 0.3) is 0 Å². The second kappa shape index (κ2) is 24.9. The van der Waals surface area contributed by atoms with E-state index in [1.54, 1.807) is 23.6 Å². The molecule has 2 aliphatic heterocycles. The summed E-state index contributed by atoms with van der Waals surface area (Å²) in [6.45, 7) is 24.6. The fourth-order valence-electron chi connectivity index (χ4n) is 7.20. The topological polar surface area (TPSA) is 140 Å². The average Bonchev–Trinajstić information content (AvgIpc) is 3.84. The van der Waals surface area contributed by atoms with Crippen LogP contribution in [0.5, 0.6) is 0 Å². The Hall–Kier alpha value is -2.55. The Morgan fingerprint density at radius 3 is 1.69 bits per heavy atom. The Bertz CT molecular complexity index is 1300. The molecule has 1 unspecified atom stereocenters. The normalized spacial score (nSPS) is 18.6. The molecule has 0 spiro atoms. The number of nitriles is 1. The number of likely N-dealkylation sites (tertiary alicyclic amines) is 2. The summed E-state index contributed by atoms with van der Waals surface area (Å²) in [4.78, 5) is 55.5. The van der Waals surface area contributed by atoms with Crippen LogP contribution < -0.4 is 17.0 Å². The summed E-state index contributed by atoms with van der Waals surface area (Å²) in [5.74, 6) is -0.632. The molecule has 0 radical (unpaired) electrons. The van der Waals surface area contributed by atoms with Crippen LogP contribution in [-0.2, 0) is 28.5 Å². The van der Waals surface area contributed by atoms with Crippen molar-refractivity contribution in [3.63, 3.8) is 0 Å². The van der Waals surface area contributed by atoms with Gasteiger partial charge in [-0.25, -0.2) is 25.8 Å². The van der Waals surface area contributed by atoms with Crippen molar-refractivity contribution in [2.24, 2.45) is 11.3 Å². The summed E-state index contributed by atoms with van der Waals surface area (Å²) < 4.78 is 20.9. The first-order valence-electron chi connectivity index (χ1n) is 19.1. The van der Waals surface area contributed by atoms with Gasteiger partial charge >= 0.3 is 53.2 Å². The van der Waals surface area contributed by atoms with Crippen molar-refractivity contribution in [1.29, 1.82) is 5.26 Å². The Morgan fingerprint density at radius 2 is 1.31 bits per heavy atom. The van der Waals surface area contributed by atoms with Gasteiger partial charge in [-0.15, -0.1) is 0 Å². The minimum Gasteiger partial charge on any atom is -1.00 e. The van der Waals surface area contributed by atoms with Gasteiger partial charge in [0.1, 0.15) is 22.8 Å². The minimum atomic E-state index is -0.772. The molecule has 4 rings (SSSR count). The zero-order valence-corrected chi connectivity index (χ0v) is 37.1. The predicted octanol–water partition coefficient (Wildman–Crippen LogP) is 4.83. The van der Waals surface area contributed by atoms with E-state index in [-0.39, 0.29) is 76.4 Å². The summed E-state index contributed by atoms with van der Waals surface area (Å²) in [6, 6.07) is 1.14. The fraction of sp³-hybridized carbons (Fsp3) is 0.775. The predicted molar refractivity (Wildman–Crippen MR) is 203 cm³/mol. The van der Waals surface area contributed by atoms with Gasteiger partial charge in [-0.05, 0) is 105 Å². The van der Waals surface area contributed by atoms with E-state index in [0.717, 1.165) is 31.3 Å². The van der Waals surface area contributed by atoms with Gasteiger partial charge in [0.2, 0.25) is 0 Å². The summed E-state index contributed by atoms with van der Waals surface area (Å²) in [5, 5.41) is 9.09. The van der Waals surface area contributed by atoms with Crippen LogP contribution in [0.15, 0.2) is 11.1 Å². The zero-order valence-electron chi connectivity index (χ0n) is 34.1. The molecule has 1 atom stereocenters. The monoisotopic (exact) mass is 830 g/mol. The number of piperidine rings is 2. The van der Waals surface area contributed by atoms with Gasteiger partial charge in [0.05, 0.1) is 18.6 Å². The molecule has 2 aliphatic carbocycles. The Morgan fingerprint density at radius 1 is 0.852 bits per heavy atom. The maximum atomic E-state index is 12.5. The number of carbonyl (C=O) groups is 4. The van der Waals surface area contributed by atoms with E-state index in [1.807, 2.05) is 47.6 Å². The van der Waals surface area contributed by atoms with E-state index in [9.17, 15) is 19.2 Å². The molecule has 14 heteroatoms. The quantitative estimate of drug-likeness (QED) is 0.0920. The molecule has 2 saturated heterocycles. The van der Waals surface area contributed by atoms with Gasteiger partial charge in [0.15, 0.2) is 0 Å². The first kappa shape index (κ1) is 51.4. The minimum absolute atomic E-state index is 0. The molecular formula is C40H63BrMgN4O8. The summed E-state index contributed by atoms with van der Waals surface area (Å²) in [6.07, 6.45) is 14.0. The van der Waals surface area contributed by atoms with Gasteiger partial charge in [0, 0.05) is 26.2 Å². The van der Waals surface area contributed by atoms with Crippen LogP contribution in [0.3, 0.4) is 0 Å². The van der Waals surface area contributed by atoms with Gasteiger partial charge < -0.3 is 57.0 Å². The maximum absolute atomic E-state index is 12.5. The number of esters is 2. The van der Waals surface area contributed by atoms with E-state index in [2.05, 4.69) is 11.3 Å². The van der Waals surface area contributed by atoms with E-state index in [0.29, 0.717) is 57.8 Å². The maximum Gasteiger partial charge on any atom is 2.00 e. The summed E-state index contributed by atoms with van der Waals surface area (Å²) >= 11 is 0. The molecule has 0 aromatic rings. The molecule has 0 aromatic carbocycles. The van der Waals surface area contributed by atoms with E-state index in [1.165, 1.54) is 25.7 Å². The number of rotatable bonds is 6. The van der Waals surface area contributed by atoms with Crippen molar-refractivity contribution in [1.82, 2.24) is 9.80 Å². The third kappa shape index (κ3) is 16.7. The third-order valence-electron chi connectivity index (χ3n) is 9.73. The van der Waals surface area contributed by atoms with Crippen molar-refractivity contribution < 1.29 is 55.1 Å². The number of hydrogen-bond donors (Lipinski definition) is 0. The molecule has 2 amide bonds. The first-order valence-corrected chi connectivity index (χ1v) is 19.1. The van der Waals surface area contributed by atoms with Crippen molar-refractivity contribution in [2.75, 3.05) is 39.4 Å². The third-order valence-corrected chi connectivity index (χ3v) is 9.73. The Balaban J connectivity index is 0.000000902. The van der Waals surface area contributed by atoms with Gasteiger partial charge in [-0.2, -0.15) is 18.1 Å². The smallest absolute Gasteiger partial charge is 1.00 e.